The number of para-hydroxylation sites is 1. The topological polar surface area (TPSA) is 177 Å². The van der Waals surface area contributed by atoms with Gasteiger partial charge in [-0.25, -0.2) is 10.9 Å². The van der Waals surface area contributed by atoms with Gasteiger partial charge in [0.2, 0.25) is 5.91 Å². The fourth-order valence-corrected chi connectivity index (χ4v) is 3.75. The first kappa shape index (κ1) is 27.9. The van der Waals surface area contributed by atoms with Crippen LogP contribution in [-0.2, 0) is 19.2 Å². The average Bonchev–Trinajstić information content (AvgIpc) is 2.84. The molecule has 3 N–H and O–H groups in total. The fraction of sp³-hybridized carbons (Fsp3) is 0.440. The Kier molecular flexibility index (Phi) is 10.9. The lowest BCUT2D eigenvalue weighted by Crippen LogP contribution is -2.35. The highest BCUT2D eigenvalue weighted by Gasteiger charge is 2.30. The molecule has 1 aromatic carbocycles. The van der Waals surface area contributed by atoms with Crippen LogP contribution in [0.5, 0.6) is 0 Å². The van der Waals surface area contributed by atoms with Gasteiger partial charge < -0.3 is 5.32 Å². The molecule has 0 radical (unpaired) electrons. The lowest BCUT2D eigenvalue weighted by molar-refractivity contribution is -0.122. The van der Waals surface area contributed by atoms with Crippen LogP contribution >= 0.6 is 0 Å². The monoisotopic (exact) mass is 491 g/mol. The minimum atomic E-state index is -0.686. The third-order valence-corrected chi connectivity index (χ3v) is 5.62. The smallest absolute Gasteiger partial charge is 0.254 e. The van der Waals surface area contributed by atoms with E-state index in [1.54, 1.807) is 12.1 Å². The van der Waals surface area contributed by atoms with Gasteiger partial charge in [0.15, 0.2) is 0 Å². The molecule has 1 saturated carbocycles. The van der Waals surface area contributed by atoms with Crippen molar-refractivity contribution in [2.24, 2.45) is 16.1 Å². The summed E-state index contributed by atoms with van der Waals surface area (Å²) in [5.41, 5.74) is 8.29. The molecule has 1 aliphatic rings. The highest BCUT2D eigenvalue weighted by molar-refractivity contribution is 6.12. The maximum absolute atomic E-state index is 13.1. The summed E-state index contributed by atoms with van der Waals surface area (Å²) in [5.74, 6) is -2.18. The normalized spacial score (nSPS) is 17.1. The molecule has 1 unspecified atom stereocenters. The number of rotatable bonds is 10. The van der Waals surface area contributed by atoms with Crippen LogP contribution in [0.4, 0.5) is 5.69 Å². The lowest BCUT2D eigenvalue weighted by Gasteiger charge is -2.24. The van der Waals surface area contributed by atoms with Crippen LogP contribution < -0.4 is 16.2 Å². The Labute approximate surface area is 209 Å². The Morgan fingerprint density at radius 3 is 2.14 bits per heavy atom. The van der Waals surface area contributed by atoms with Crippen molar-refractivity contribution in [2.75, 3.05) is 5.32 Å². The van der Waals surface area contributed by atoms with E-state index in [2.05, 4.69) is 26.4 Å². The van der Waals surface area contributed by atoms with Crippen LogP contribution in [0.25, 0.3) is 0 Å². The van der Waals surface area contributed by atoms with Gasteiger partial charge in [0.25, 0.3) is 11.8 Å². The number of aryl methyl sites for hydroxylation is 2. The quantitative estimate of drug-likeness (QED) is 0.423. The van der Waals surface area contributed by atoms with Crippen molar-refractivity contribution in [3.05, 3.63) is 29.3 Å². The van der Waals surface area contributed by atoms with E-state index in [1.165, 1.54) is 0 Å². The van der Waals surface area contributed by atoms with E-state index in [9.17, 15) is 19.2 Å². The van der Waals surface area contributed by atoms with Gasteiger partial charge in [-0.2, -0.15) is 20.7 Å². The molecule has 11 heteroatoms. The standard InChI is InChI=1S/C25H29N7O4/c1-16-5-3-6-17(2)25(16)28-22(34)8-4-7-21(33)19-15-18(29-31-23(35)11-13-26)9-10-20(19)30-32-24(36)12-14-27/h3,5-6,19H,4,7-12,15H2,1-2H3,(H,28,34)(H,31,35)(H,32,36)/b29-18+,30-20+. The summed E-state index contributed by atoms with van der Waals surface area (Å²) in [6.45, 7) is 3.82. The number of hydrogen-bond donors (Lipinski definition) is 3. The van der Waals surface area contributed by atoms with Gasteiger partial charge in [-0.15, -0.1) is 0 Å². The maximum Gasteiger partial charge on any atom is 0.254 e. The summed E-state index contributed by atoms with van der Waals surface area (Å²) >= 11 is 0. The number of nitrogens with one attached hydrogen (secondary N) is 3. The number of nitrogens with zero attached hydrogens (tertiary/aromatic N) is 4. The Morgan fingerprint density at radius 2 is 1.53 bits per heavy atom. The maximum atomic E-state index is 13.1. The van der Waals surface area contributed by atoms with E-state index in [-0.39, 0.29) is 43.8 Å². The van der Waals surface area contributed by atoms with Crippen molar-refractivity contribution in [1.82, 2.24) is 10.9 Å². The van der Waals surface area contributed by atoms with Crippen LogP contribution in [0.2, 0.25) is 0 Å². The molecular formula is C25H29N7O4. The second kappa shape index (κ2) is 14.1. The summed E-state index contributed by atoms with van der Waals surface area (Å²) in [4.78, 5) is 48.7. The summed E-state index contributed by atoms with van der Waals surface area (Å²) in [6.07, 6.45) is 0.819. The van der Waals surface area contributed by atoms with Crippen LogP contribution in [0.3, 0.4) is 0 Å². The minimum Gasteiger partial charge on any atom is -0.326 e. The average molecular weight is 492 g/mol. The molecule has 0 heterocycles. The Bertz CT molecular complexity index is 1140. The molecule has 0 aliphatic heterocycles. The van der Waals surface area contributed by atoms with Gasteiger partial charge in [0.05, 0.1) is 18.1 Å². The third-order valence-electron chi connectivity index (χ3n) is 5.62. The predicted molar refractivity (Wildman–Crippen MR) is 132 cm³/mol. The number of anilines is 1. The van der Waals surface area contributed by atoms with Gasteiger partial charge in [0.1, 0.15) is 18.6 Å². The number of Topliss-reactive ketones (excluding diaryl/α,β-unsaturated/α-hetero) is 1. The van der Waals surface area contributed by atoms with Crippen molar-refractivity contribution in [1.29, 1.82) is 10.5 Å². The minimum absolute atomic E-state index is 0.115. The van der Waals surface area contributed by atoms with E-state index in [0.29, 0.717) is 30.7 Å². The van der Waals surface area contributed by atoms with Gasteiger partial charge in [-0.05, 0) is 44.2 Å². The van der Waals surface area contributed by atoms with Crippen LogP contribution in [0.1, 0.15) is 62.5 Å². The molecule has 1 aliphatic carbocycles. The zero-order valence-corrected chi connectivity index (χ0v) is 20.4. The number of benzene rings is 1. The molecule has 0 saturated heterocycles. The first-order chi connectivity index (χ1) is 17.2. The summed E-state index contributed by atoms with van der Waals surface area (Å²) < 4.78 is 0. The number of amides is 3. The molecule has 1 fully saturated rings. The molecule has 3 amide bonds. The summed E-state index contributed by atoms with van der Waals surface area (Å²) in [5, 5.41) is 28.2. The molecule has 188 valence electrons. The SMILES string of the molecule is Cc1cccc(C)c1NC(=O)CCCC(=O)C1C/C(=N/NC(=O)CC#N)CC/C1=N\NC(=O)CC#N. The van der Waals surface area contributed by atoms with Gasteiger partial charge in [0, 0.05) is 36.4 Å². The van der Waals surface area contributed by atoms with Crippen molar-refractivity contribution in [2.45, 2.75) is 65.2 Å². The molecule has 2 rings (SSSR count). The largest absolute Gasteiger partial charge is 0.326 e. The zero-order chi connectivity index (χ0) is 26.5. The zero-order valence-electron chi connectivity index (χ0n) is 20.4. The molecule has 0 aromatic heterocycles. The Balaban J connectivity index is 2.02. The van der Waals surface area contributed by atoms with E-state index >= 15 is 0 Å². The van der Waals surface area contributed by atoms with Crippen molar-refractivity contribution in [3.8, 4) is 12.1 Å². The van der Waals surface area contributed by atoms with Crippen molar-refractivity contribution < 1.29 is 19.2 Å². The van der Waals surface area contributed by atoms with E-state index in [1.807, 2.05) is 32.0 Å². The molecular weight excluding hydrogens is 462 g/mol. The van der Waals surface area contributed by atoms with Crippen molar-refractivity contribution in [3.63, 3.8) is 0 Å². The predicted octanol–water partition coefficient (Wildman–Crippen LogP) is 2.55. The number of ketones is 1. The molecule has 11 nitrogen and oxygen atoms in total. The number of carbonyl (C=O) groups is 4. The molecule has 0 bridgehead atoms. The summed E-state index contributed by atoms with van der Waals surface area (Å²) in [6, 6.07) is 9.19. The van der Waals surface area contributed by atoms with Crippen molar-refractivity contribution >= 4 is 40.6 Å². The third kappa shape index (κ3) is 8.76. The second-order valence-electron chi connectivity index (χ2n) is 8.41. The Hall–Kier alpha value is -4.38. The molecule has 1 aromatic rings. The van der Waals surface area contributed by atoms with Gasteiger partial charge in [-0.1, -0.05) is 18.2 Å². The number of hydrogen-bond acceptors (Lipinski definition) is 8. The van der Waals surface area contributed by atoms with Crippen LogP contribution in [-0.4, -0.2) is 34.9 Å². The molecule has 0 spiro atoms. The molecule has 36 heavy (non-hydrogen) atoms. The summed E-state index contributed by atoms with van der Waals surface area (Å²) in [7, 11) is 0. The van der Waals surface area contributed by atoms with Crippen LogP contribution in [0, 0.1) is 42.4 Å². The van der Waals surface area contributed by atoms with E-state index < -0.39 is 17.7 Å². The lowest BCUT2D eigenvalue weighted by atomic mass is 9.81. The Morgan fingerprint density at radius 1 is 0.917 bits per heavy atom. The molecule has 1 atom stereocenters. The highest BCUT2D eigenvalue weighted by atomic mass is 16.2. The van der Waals surface area contributed by atoms with E-state index in [4.69, 9.17) is 10.5 Å². The number of hydrazone groups is 2. The fourth-order valence-electron chi connectivity index (χ4n) is 3.75. The first-order valence-electron chi connectivity index (χ1n) is 11.6. The highest BCUT2D eigenvalue weighted by Crippen LogP contribution is 2.24. The van der Waals surface area contributed by atoms with E-state index in [0.717, 1.165) is 16.8 Å². The van der Waals surface area contributed by atoms with Gasteiger partial charge in [-0.3, -0.25) is 19.2 Å². The number of carbonyl (C=O) groups excluding carboxylic acids is 4. The van der Waals surface area contributed by atoms with Gasteiger partial charge >= 0.3 is 0 Å². The first-order valence-corrected chi connectivity index (χ1v) is 11.6. The van der Waals surface area contributed by atoms with Crippen LogP contribution in [0.15, 0.2) is 28.4 Å². The number of nitriles is 2. The second-order valence-corrected chi connectivity index (χ2v) is 8.41.